The molecule has 0 aromatic heterocycles. The molecule has 3 heteroatoms. The zero-order valence-corrected chi connectivity index (χ0v) is 12.0. The van der Waals surface area contributed by atoms with Gasteiger partial charge < -0.3 is 10.6 Å². The van der Waals surface area contributed by atoms with E-state index >= 15 is 0 Å². The molecular formula is C17H21FN2. The fourth-order valence-corrected chi connectivity index (χ4v) is 2.31. The topological polar surface area (TPSA) is 29.3 Å². The van der Waals surface area contributed by atoms with Crippen LogP contribution in [0.4, 0.5) is 15.8 Å². The highest BCUT2D eigenvalue weighted by Gasteiger charge is 2.15. The van der Waals surface area contributed by atoms with Gasteiger partial charge in [0.2, 0.25) is 0 Å². The fraction of sp³-hybridized carbons (Fsp3) is 0.294. The Kier molecular flexibility index (Phi) is 4.74. The van der Waals surface area contributed by atoms with E-state index in [0.717, 1.165) is 17.7 Å². The van der Waals surface area contributed by atoms with E-state index in [1.54, 1.807) is 6.07 Å². The predicted octanol–water partition coefficient (Wildman–Crippen LogP) is 3.87. The van der Waals surface area contributed by atoms with Crippen LogP contribution in [-0.2, 0) is 6.42 Å². The Balaban J connectivity index is 2.39. The number of hydrogen-bond acceptors (Lipinski definition) is 2. The zero-order chi connectivity index (χ0) is 14.5. The highest BCUT2D eigenvalue weighted by molar-refractivity contribution is 5.66. The molecule has 0 radical (unpaired) electrons. The summed E-state index contributed by atoms with van der Waals surface area (Å²) in [6.07, 6.45) is 1.56. The lowest BCUT2D eigenvalue weighted by molar-refractivity contribution is 0.614. The van der Waals surface area contributed by atoms with Crippen molar-refractivity contribution in [3.63, 3.8) is 0 Å². The minimum Gasteiger partial charge on any atom is -0.342 e. The summed E-state index contributed by atoms with van der Waals surface area (Å²) in [7, 11) is 1.88. The van der Waals surface area contributed by atoms with Crippen LogP contribution in [0.1, 0.15) is 18.9 Å². The van der Waals surface area contributed by atoms with Gasteiger partial charge in [-0.25, -0.2) is 4.39 Å². The summed E-state index contributed by atoms with van der Waals surface area (Å²) in [6, 6.07) is 15.0. The van der Waals surface area contributed by atoms with Gasteiger partial charge in [-0.05, 0) is 36.6 Å². The number of benzene rings is 2. The van der Waals surface area contributed by atoms with Gasteiger partial charge in [0.15, 0.2) is 0 Å². The smallest absolute Gasteiger partial charge is 0.147 e. The first-order valence-corrected chi connectivity index (χ1v) is 6.95. The first kappa shape index (κ1) is 14.5. The van der Waals surface area contributed by atoms with Gasteiger partial charge in [-0.1, -0.05) is 37.3 Å². The lowest BCUT2D eigenvalue weighted by Crippen LogP contribution is -2.23. The highest BCUT2D eigenvalue weighted by Crippen LogP contribution is 2.30. The van der Waals surface area contributed by atoms with Gasteiger partial charge in [0.05, 0.1) is 5.69 Å². The molecule has 0 saturated heterocycles. The van der Waals surface area contributed by atoms with Gasteiger partial charge in [0.25, 0.3) is 0 Å². The molecule has 0 fully saturated rings. The third kappa shape index (κ3) is 3.17. The third-order valence-electron chi connectivity index (χ3n) is 3.56. The number of halogens is 1. The Morgan fingerprint density at radius 2 is 1.80 bits per heavy atom. The molecule has 20 heavy (non-hydrogen) atoms. The van der Waals surface area contributed by atoms with Crippen molar-refractivity contribution >= 4 is 11.4 Å². The van der Waals surface area contributed by atoms with Crippen LogP contribution >= 0.6 is 0 Å². The molecule has 0 aliphatic heterocycles. The van der Waals surface area contributed by atoms with Crippen LogP contribution in [0.3, 0.4) is 0 Å². The SMILES string of the molecule is CCC(N)Cc1cccc(F)c1N(C)c1ccccc1. The fourth-order valence-electron chi connectivity index (χ4n) is 2.31. The maximum atomic E-state index is 14.3. The molecule has 2 aromatic carbocycles. The van der Waals surface area contributed by atoms with Gasteiger partial charge >= 0.3 is 0 Å². The van der Waals surface area contributed by atoms with E-state index in [1.807, 2.05) is 55.3 Å². The maximum absolute atomic E-state index is 14.3. The van der Waals surface area contributed by atoms with Gasteiger partial charge in [-0.15, -0.1) is 0 Å². The van der Waals surface area contributed by atoms with E-state index in [-0.39, 0.29) is 11.9 Å². The summed E-state index contributed by atoms with van der Waals surface area (Å²) >= 11 is 0. The van der Waals surface area contributed by atoms with Crippen LogP contribution in [0.2, 0.25) is 0 Å². The van der Waals surface area contributed by atoms with E-state index in [0.29, 0.717) is 12.1 Å². The normalized spacial score (nSPS) is 12.2. The van der Waals surface area contributed by atoms with Crippen LogP contribution in [0.5, 0.6) is 0 Å². The monoisotopic (exact) mass is 272 g/mol. The molecule has 0 amide bonds. The summed E-state index contributed by atoms with van der Waals surface area (Å²) in [5, 5.41) is 0. The van der Waals surface area contributed by atoms with E-state index in [2.05, 4.69) is 0 Å². The minimum atomic E-state index is -0.211. The second kappa shape index (κ2) is 6.53. The van der Waals surface area contributed by atoms with Crippen molar-refractivity contribution in [1.29, 1.82) is 0 Å². The van der Waals surface area contributed by atoms with Crippen molar-refractivity contribution < 1.29 is 4.39 Å². The average Bonchev–Trinajstić information content (AvgIpc) is 2.47. The molecular weight excluding hydrogens is 251 g/mol. The first-order chi connectivity index (χ1) is 9.63. The lowest BCUT2D eigenvalue weighted by atomic mass is 10.0. The minimum absolute atomic E-state index is 0.0553. The maximum Gasteiger partial charge on any atom is 0.147 e. The van der Waals surface area contributed by atoms with Crippen LogP contribution < -0.4 is 10.6 Å². The van der Waals surface area contributed by atoms with Crippen molar-refractivity contribution in [3.05, 3.63) is 59.9 Å². The van der Waals surface area contributed by atoms with Crippen molar-refractivity contribution in [2.75, 3.05) is 11.9 Å². The molecule has 0 aliphatic carbocycles. The second-order valence-electron chi connectivity index (χ2n) is 5.01. The van der Waals surface area contributed by atoms with E-state index in [9.17, 15) is 4.39 Å². The van der Waals surface area contributed by atoms with Crippen molar-refractivity contribution in [3.8, 4) is 0 Å². The largest absolute Gasteiger partial charge is 0.342 e. The summed E-state index contributed by atoms with van der Waals surface area (Å²) in [6.45, 7) is 2.05. The number of para-hydroxylation sites is 2. The molecule has 0 saturated carbocycles. The Hall–Kier alpha value is -1.87. The Labute approximate surface area is 120 Å². The summed E-state index contributed by atoms with van der Waals surface area (Å²) < 4.78 is 14.3. The predicted molar refractivity (Wildman–Crippen MR) is 82.9 cm³/mol. The third-order valence-corrected chi connectivity index (χ3v) is 3.56. The number of anilines is 2. The Morgan fingerprint density at radius 3 is 2.45 bits per heavy atom. The molecule has 2 aromatic rings. The number of hydrogen-bond donors (Lipinski definition) is 1. The van der Waals surface area contributed by atoms with E-state index in [4.69, 9.17) is 5.73 Å². The average molecular weight is 272 g/mol. The molecule has 2 N–H and O–H groups in total. The van der Waals surface area contributed by atoms with Gasteiger partial charge in [0.1, 0.15) is 5.82 Å². The van der Waals surface area contributed by atoms with Crippen molar-refractivity contribution in [1.82, 2.24) is 0 Å². The standard InChI is InChI=1S/C17H21FN2/c1-3-14(19)12-13-8-7-11-16(18)17(13)20(2)15-9-5-4-6-10-15/h4-11,14H,3,12,19H2,1-2H3. The van der Waals surface area contributed by atoms with Gasteiger partial charge in [0, 0.05) is 18.8 Å². The molecule has 2 nitrogen and oxygen atoms in total. The molecule has 106 valence electrons. The molecule has 1 unspecified atom stereocenters. The highest BCUT2D eigenvalue weighted by atomic mass is 19.1. The second-order valence-corrected chi connectivity index (χ2v) is 5.01. The summed E-state index contributed by atoms with van der Waals surface area (Å²) in [5.41, 5.74) is 8.55. The molecule has 0 spiro atoms. The molecule has 0 aliphatic rings. The van der Waals surface area contributed by atoms with Gasteiger partial charge in [-0.3, -0.25) is 0 Å². The molecule has 2 rings (SSSR count). The quantitative estimate of drug-likeness (QED) is 0.895. The number of nitrogens with zero attached hydrogens (tertiary/aromatic N) is 1. The zero-order valence-electron chi connectivity index (χ0n) is 12.0. The van der Waals surface area contributed by atoms with Crippen LogP contribution in [0, 0.1) is 5.82 Å². The van der Waals surface area contributed by atoms with E-state index in [1.165, 1.54) is 6.07 Å². The van der Waals surface area contributed by atoms with Crippen LogP contribution in [-0.4, -0.2) is 13.1 Å². The van der Waals surface area contributed by atoms with Crippen molar-refractivity contribution in [2.45, 2.75) is 25.8 Å². The molecule has 0 heterocycles. The molecule has 1 atom stereocenters. The number of rotatable bonds is 5. The first-order valence-electron chi connectivity index (χ1n) is 6.95. The summed E-state index contributed by atoms with van der Waals surface area (Å²) in [4.78, 5) is 1.88. The van der Waals surface area contributed by atoms with Gasteiger partial charge in [-0.2, -0.15) is 0 Å². The van der Waals surface area contributed by atoms with Crippen LogP contribution in [0.25, 0.3) is 0 Å². The lowest BCUT2D eigenvalue weighted by Gasteiger charge is -2.24. The van der Waals surface area contributed by atoms with E-state index < -0.39 is 0 Å². The Morgan fingerprint density at radius 1 is 1.10 bits per heavy atom. The molecule has 0 bridgehead atoms. The number of nitrogens with two attached hydrogens (primary N) is 1. The Bertz CT molecular complexity index is 554. The van der Waals surface area contributed by atoms with Crippen molar-refractivity contribution in [2.24, 2.45) is 5.73 Å². The van der Waals surface area contributed by atoms with Crippen LogP contribution in [0.15, 0.2) is 48.5 Å². The summed E-state index contributed by atoms with van der Waals surface area (Å²) in [5.74, 6) is -0.211.